The van der Waals surface area contributed by atoms with Crippen molar-refractivity contribution < 1.29 is 0 Å². The summed E-state index contributed by atoms with van der Waals surface area (Å²) in [5.74, 6) is 0. The fraction of sp³-hybridized carbons (Fsp3) is 0.625. The van der Waals surface area contributed by atoms with Crippen LogP contribution in [0.4, 0.5) is 0 Å². The van der Waals surface area contributed by atoms with Crippen LogP contribution in [-0.4, -0.2) is 50.7 Å². The molecular weight excluding hydrogens is 330 g/mol. The molecule has 0 N–H and O–H groups in total. The standard InChI is InChI=1S/C16H24ClN5S/c1-4-15-14(16(17)20(3)19-15)10-22-7-5-21(6-8-22)9-13-11-23-12(2)18-13/h11H,4-10H2,1-3H3. The van der Waals surface area contributed by atoms with E-state index in [1.165, 1.54) is 11.3 Å². The van der Waals surface area contributed by atoms with Crippen LogP contribution < -0.4 is 0 Å². The van der Waals surface area contributed by atoms with Gasteiger partial charge in [-0.3, -0.25) is 14.5 Å². The van der Waals surface area contributed by atoms with Gasteiger partial charge in [-0.2, -0.15) is 5.10 Å². The van der Waals surface area contributed by atoms with Gasteiger partial charge in [-0.15, -0.1) is 11.3 Å². The molecule has 0 unspecified atom stereocenters. The Bertz CT molecular complexity index is 657. The number of aromatic nitrogens is 3. The Labute approximate surface area is 146 Å². The minimum atomic E-state index is 0.780. The lowest BCUT2D eigenvalue weighted by Crippen LogP contribution is -2.45. The van der Waals surface area contributed by atoms with Crippen LogP contribution in [-0.2, 0) is 26.6 Å². The van der Waals surface area contributed by atoms with Crippen LogP contribution in [0, 0.1) is 6.92 Å². The summed E-state index contributed by atoms with van der Waals surface area (Å²) in [6, 6.07) is 0. The lowest BCUT2D eigenvalue weighted by Gasteiger charge is -2.34. The molecule has 0 saturated carbocycles. The summed E-state index contributed by atoms with van der Waals surface area (Å²) in [7, 11) is 1.92. The van der Waals surface area contributed by atoms with Crippen molar-refractivity contribution in [1.29, 1.82) is 0 Å². The lowest BCUT2D eigenvalue weighted by molar-refractivity contribution is 0.121. The SMILES string of the molecule is CCc1nn(C)c(Cl)c1CN1CCN(Cc2csc(C)n2)CC1. The smallest absolute Gasteiger partial charge is 0.131 e. The zero-order valence-electron chi connectivity index (χ0n) is 14.0. The Morgan fingerprint density at radius 3 is 2.39 bits per heavy atom. The molecule has 0 atom stereocenters. The van der Waals surface area contributed by atoms with Crippen LogP contribution >= 0.6 is 22.9 Å². The summed E-state index contributed by atoms with van der Waals surface area (Å²) in [5, 5.41) is 8.61. The van der Waals surface area contributed by atoms with E-state index < -0.39 is 0 Å². The number of hydrogen-bond acceptors (Lipinski definition) is 5. The van der Waals surface area contributed by atoms with Crippen molar-refractivity contribution in [2.24, 2.45) is 7.05 Å². The summed E-state index contributed by atoms with van der Waals surface area (Å²) in [6.45, 7) is 10.4. The van der Waals surface area contributed by atoms with Crippen molar-refractivity contribution in [3.05, 3.63) is 32.5 Å². The van der Waals surface area contributed by atoms with Gasteiger partial charge >= 0.3 is 0 Å². The molecular formula is C16H24ClN5S. The summed E-state index contributed by atoms with van der Waals surface area (Å²) < 4.78 is 1.79. The minimum absolute atomic E-state index is 0.780. The third kappa shape index (κ3) is 3.94. The van der Waals surface area contributed by atoms with Gasteiger partial charge in [0.1, 0.15) is 5.15 Å². The van der Waals surface area contributed by atoms with Gasteiger partial charge in [-0.1, -0.05) is 18.5 Å². The van der Waals surface area contributed by atoms with E-state index in [4.69, 9.17) is 11.6 Å². The Hall–Kier alpha value is -0.950. The van der Waals surface area contributed by atoms with Gasteiger partial charge < -0.3 is 0 Å². The second-order valence-corrected chi connectivity index (χ2v) is 7.52. The van der Waals surface area contributed by atoms with Gasteiger partial charge in [0.2, 0.25) is 0 Å². The number of thiazole rings is 1. The Morgan fingerprint density at radius 1 is 1.17 bits per heavy atom. The van der Waals surface area contributed by atoms with Crippen LogP contribution in [0.15, 0.2) is 5.38 Å². The number of rotatable bonds is 5. The largest absolute Gasteiger partial charge is 0.296 e. The summed E-state index contributed by atoms with van der Waals surface area (Å²) in [4.78, 5) is 9.52. The highest BCUT2D eigenvalue weighted by Gasteiger charge is 2.21. The number of hydrogen-bond donors (Lipinski definition) is 0. The molecule has 1 aliphatic rings. The van der Waals surface area contributed by atoms with Crippen molar-refractivity contribution in [2.75, 3.05) is 26.2 Å². The van der Waals surface area contributed by atoms with Gasteiger partial charge in [0, 0.05) is 57.3 Å². The molecule has 7 heteroatoms. The molecule has 1 aliphatic heterocycles. The van der Waals surface area contributed by atoms with Gasteiger partial charge in [0.15, 0.2) is 0 Å². The molecule has 3 heterocycles. The highest BCUT2D eigenvalue weighted by atomic mass is 35.5. The molecule has 2 aromatic rings. The van der Waals surface area contributed by atoms with Crippen molar-refractivity contribution in [3.63, 3.8) is 0 Å². The minimum Gasteiger partial charge on any atom is -0.296 e. The van der Waals surface area contributed by atoms with Crippen LogP contribution in [0.3, 0.4) is 0 Å². The maximum absolute atomic E-state index is 6.41. The molecule has 3 rings (SSSR count). The topological polar surface area (TPSA) is 37.2 Å². The summed E-state index contributed by atoms with van der Waals surface area (Å²) in [6.07, 6.45) is 0.930. The van der Waals surface area contributed by atoms with E-state index in [9.17, 15) is 0 Å². The Morgan fingerprint density at radius 2 is 1.83 bits per heavy atom. The van der Waals surface area contributed by atoms with Crippen LogP contribution in [0.5, 0.6) is 0 Å². The number of piperazine rings is 1. The highest BCUT2D eigenvalue weighted by Crippen LogP contribution is 2.22. The zero-order chi connectivity index (χ0) is 16.4. The van der Waals surface area contributed by atoms with Gasteiger partial charge in [-0.05, 0) is 13.3 Å². The number of aryl methyl sites for hydroxylation is 3. The predicted molar refractivity (Wildman–Crippen MR) is 95.0 cm³/mol. The highest BCUT2D eigenvalue weighted by molar-refractivity contribution is 7.09. The van der Waals surface area contributed by atoms with E-state index in [-0.39, 0.29) is 0 Å². The van der Waals surface area contributed by atoms with Crippen molar-refractivity contribution >= 4 is 22.9 Å². The fourth-order valence-electron chi connectivity index (χ4n) is 3.08. The van der Waals surface area contributed by atoms with E-state index in [2.05, 4.69) is 39.1 Å². The molecule has 0 bridgehead atoms. The third-order valence-electron chi connectivity index (χ3n) is 4.39. The molecule has 23 heavy (non-hydrogen) atoms. The lowest BCUT2D eigenvalue weighted by atomic mass is 10.2. The summed E-state index contributed by atoms with van der Waals surface area (Å²) >= 11 is 8.14. The number of nitrogens with zero attached hydrogens (tertiary/aromatic N) is 5. The molecule has 2 aromatic heterocycles. The van der Waals surface area contributed by atoms with Crippen molar-refractivity contribution in [1.82, 2.24) is 24.6 Å². The first-order valence-electron chi connectivity index (χ1n) is 8.12. The van der Waals surface area contributed by atoms with E-state index >= 15 is 0 Å². The molecule has 1 fully saturated rings. The first kappa shape index (κ1) is 16.9. The normalized spacial score (nSPS) is 17.0. The maximum atomic E-state index is 6.41. The average Bonchev–Trinajstić information content (AvgIpc) is 3.07. The van der Waals surface area contributed by atoms with E-state index in [0.717, 1.165) is 61.5 Å². The number of halogens is 1. The van der Waals surface area contributed by atoms with Crippen LogP contribution in [0.2, 0.25) is 5.15 Å². The van der Waals surface area contributed by atoms with E-state index in [1.54, 1.807) is 16.0 Å². The first-order chi connectivity index (χ1) is 11.1. The maximum Gasteiger partial charge on any atom is 0.131 e. The van der Waals surface area contributed by atoms with E-state index in [1.807, 2.05) is 7.05 Å². The van der Waals surface area contributed by atoms with Crippen LogP contribution in [0.1, 0.15) is 28.9 Å². The quantitative estimate of drug-likeness (QED) is 0.828. The molecule has 0 radical (unpaired) electrons. The van der Waals surface area contributed by atoms with Crippen LogP contribution in [0.25, 0.3) is 0 Å². The second kappa shape index (κ2) is 7.30. The third-order valence-corrected chi connectivity index (χ3v) is 5.68. The van der Waals surface area contributed by atoms with Crippen molar-refractivity contribution in [2.45, 2.75) is 33.4 Å². The first-order valence-corrected chi connectivity index (χ1v) is 9.38. The molecule has 1 saturated heterocycles. The molecule has 0 aliphatic carbocycles. The van der Waals surface area contributed by atoms with Gasteiger partial charge in [0.05, 0.1) is 16.4 Å². The Kier molecular flexibility index (Phi) is 5.36. The predicted octanol–water partition coefficient (Wildman–Crippen LogP) is 2.72. The van der Waals surface area contributed by atoms with Crippen molar-refractivity contribution in [3.8, 4) is 0 Å². The molecule has 0 aromatic carbocycles. The molecule has 0 spiro atoms. The zero-order valence-corrected chi connectivity index (χ0v) is 15.6. The van der Waals surface area contributed by atoms with E-state index in [0.29, 0.717) is 0 Å². The Balaban J connectivity index is 1.55. The fourth-order valence-corrected chi connectivity index (χ4v) is 3.89. The molecule has 0 amide bonds. The average molecular weight is 354 g/mol. The molecule has 5 nitrogen and oxygen atoms in total. The van der Waals surface area contributed by atoms with Gasteiger partial charge in [0.25, 0.3) is 0 Å². The molecule has 126 valence electrons. The summed E-state index contributed by atoms with van der Waals surface area (Å²) in [5.41, 5.74) is 3.52. The second-order valence-electron chi connectivity index (χ2n) is 6.10. The monoisotopic (exact) mass is 353 g/mol. The van der Waals surface area contributed by atoms with Gasteiger partial charge in [-0.25, -0.2) is 4.98 Å².